The highest BCUT2D eigenvalue weighted by Gasteiger charge is 2.25. The van der Waals surface area contributed by atoms with E-state index in [4.69, 9.17) is 4.98 Å². The Kier molecular flexibility index (Phi) is 6.18. The summed E-state index contributed by atoms with van der Waals surface area (Å²) in [4.78, 5) is 19.0. The van der Waals surface area contributed by atoms with Crippen molar-refractivity contribution in [3.05, 3.63) is 15.6 Å². The van der Waals surface area contributed by atoms with E-state index in [2.05, 4.69) is 18.7 Å². The summed E-state index contributed by atoms with van der Waals surface area (Å²) in [6.07, 6.45) is 6.74. The van der Waals surface area contributed by atoms with Gasteiger partial charge in [-0.2, -0.15) is 0 Å². The van der Waals surface area contributed by atoms with Gasteiger partial charge in [0.05, 0.1) is 10.7 Å². The minimum absolute atomic E-state index is 0.364. The average Bonchev–Trinajstić information content (AvgIpc) is 2.94. The van der Waals surface area contributed by atoms with E-state index in [-0.39, 0.29) is 0 Å². The van der Waals surface area contributed by atoms with Crippen LogP contribution in [0.5, 0.6) is 0 Å². The van der Waals surface area contributed by atoms with Gasteiger partial charge < -0.3 is 10.0 Å². The summed E-state index contributed by atoms with van der Waals surface area (Å²) in [6, 6.07) is 0. The van der Waals surface area contributed by atoms with Gasteiger partial charge in [-0.25, -0.2) is 9.78 Å². The molecule has 2 rings (SSSR count). The van der Waals surface area contributed by atoms with Crippen molar-refractivity contribution in [2.45, 2.75) is 58.3 Å². The first-order chi connectivity index (χ1) is 10.2. The zero-order chi connectivity index (χ0) is 15.2. The van der Waals surface area contributed by atoms with Crippen molar-refractivity contribution in [3.63, 3.8) is 0 Å². The molecule has 5 heteroatoms. The van der Waals surface area contributed by atoms with Gasteiger partial charge in [-0.05, 0) is 25.9 Å². The van der Waals surface area contributed by atoms with Crippen molar-refractivity contribution in [1.29, 1.82) is 0 Å². The van der Waals surface area contributed by atoms with Crippen molar-refractivity contribution in [1.82, 2.24) is 9.88 Å². The number of likely N-dealkylation sites (N-methyl/N-ethyl adjacent to an activating group) is 1. The maximum Gasteiger partial charge on any atom is 0.347 e. The molecule has 1 aromatic rings. The molecule has 0 atom stereocenters. The second kappa shape index (κ2) is 7.90. The molecule has 0 radical (unpaired) electrons. The van der Waals surface area contributed by atoms with E-state index in [1.165, 1.54) is 30.6 Å². The number of nitrogens with zero attached hydrogens (tertiary/aromatic N) is 2. The Morgan fingerprint density at radius 1 is 1.29 bits per heavy atom. The van der Waals surface area contributed by atoms with Crippen LogP contribution < -0.4 is 0 Å². The van der Waals surface area contributed by atoms with Gasteiger partial charge in [0, 0.05) is 18.9 Å². The van der Waals surface area contributed by atoms with Crippen LogP contribution in [0.4, 0.5) is 0 Å². The number of rotatable bonds is 7. The number of hydrogen-bond acceptors (Lipinski definition) is 4. The standard InChI is InChI=1S/C16H26N2O2S/c1-3-18(4-2)11-10-13-17-14(15(21-13)16(19)20)12-8-6-5-7-9-12/h12H,3-11H2,1-2H3,(H,19,20). The molecule has 4 nitrogen and oxygen atoms in total. The first-order valence-electron chi connectivity index (χ1n) is 8.10. The van der Waals surface area contributed by atoms with Gasteiger partial charge in [-0.1, -0.05) is 33.1 Å². The van der Waals surface area contributed by atoms with Crippen LogP contribution in [0.1, 0.15) is 72.2 Å². The number of carbonyl (C=O) groups is 1. The Morgan fingerprint density at radius 2 is 1.95 bits per heavy atom. The van der Waals surface area contributed by atoms with E-state index in [0.29, 0.717) is 10.8 Å². The van der Waals surface area contributed by atoms with Crippen molar-refractivity contribution in [3.8, 4) is 0 Å². The lowest BCUT2D eigenvalue weighted by Gasteiger charge is -2.20. The number of aromatic carboxylic acids is 1. The Hall–Kier alpha value is -0.940. The van der Waals surface area contributed by atoms with Gasteiger partial charge in [0.1, 0.15) is 4.88 Å². The molecule has 0 aliphatic heterocycles. The Labute approximate surface area is 131 Å². The highest BCUT2D eigenvalue weighted by atomic mass is 32.1. The summed E-state index contributed by atoms with van der Waals surface area (Å²) in [7, 11) is 0. The molecule has 21 heavy (non-hydrogen) atoms. The maximum absolute atomic E-state index is 11.5. The average molecular weight is 310 g/mol. The summed E-state index contributed by atoms with van der Waals surface area (Å²) in [6.45, 7) is 7.33. The summed E-state index contributed by atoms with van der Waals surface area (Å²) in [5, 5.41) is 10.4. The van der Waals surface area contributed by atoms with Gasteiger partial charge in [0.2, 0.25) is 0 Å². The first-order valence-corrected chi connectivity index (χ1v) is 8.92. The smallest absolute Gasteiger partial charge is 0.347 e. The van der Waals surface area contributed by atoms with Crippen LogP contribution in [0.3, 0.4) is 0 Å². The molecule has 0 spiro atoms. The summed E-state index contributed by atoms with van der Waals surface area (Å²) >= 11 is 1.39. The lowest BCUT2D eigenvalue weighted by Crippen LogP contribution is -2.25. The molecule has 0 unspecified atom stereocenters. The number of carboxylic acid groups (broad SMARTS) is 1. The molecule has 0 amide bonds. The lowest BCUT2D eigenvalue weighted by atomic mass is 9.86. The number of hydrogen-bond donors (Lipinski definition) is 1. The van der Waals surface area contributed by atoms with Crippen molar-refractivity contribution in [2.24, 2.45) is 0 Å². The quantitative estimate of drug-likeness (QED) is 0.833. The first kappa shape index (κ1) is 16.4. The molecule has 0 bridgehead atoms. The van der Waals surface area contributed by atoms with Gasteiger partial charge >= 0.3 is 5.97 Å². The third-order valence-corrected chi connectivity index (χ3v) is 5.54. The topological polar surface area (TPSA) is 53.4 Å². The highest BCUT2D eigenvalue weighted by molar-refractivity contribution is 7.13. The van der Waals surface area contributed by atoms with Crippen LogP contribution in [0.25, 0.3) is 0 Å². The Morgan fingerprint density at radius 3 is 2.52 bits per heavy atom. The molecule has 118 valence electrons. The summed E-state index contributed by atoms with van der Waals surface area (Å²) in [5.41, 5.74) is 0.863. The number of thiazole rings is 1. The molecule has 1 N–H and O–H groups in total. The molecule has 0 saturated heterocycles. The fourth-order valence-corrected chi connectivity index (χ4v) is 4.06. The van der Waals surface area contributed by atoms with Crippen molar-refractivity contribution in [2.75, 3.05) is 19.6 Å². The fourth-order valence-electron chi connectivity index (χ4n) is 3.08. The molecular weight excluding hydrogens is 284 g/mol. The van der Waals surface area contributed by atoms with E-state index < -0.39 is 5.97 Å². The van der Waals surface area contributed by atoms with E-state index >= 15 is 0 Å². The minimum Gasteiger partial charge on any atom is -0.477 e. The second-order valence-corrected chi connectivity index (χ2v) is 6.82. The third-order valence-electron chi connectivity index (χ3n) is 4.42. The normalized spacial score (nSPS) is 16.5. The van der Waals surface area contributed by atoms with Crippen molar-refractivity contribution < 1.29 is 9.90 Å². The molecule has 1 aliphatic rings. The molecule has 1 fully saturated rings. The molecule has 1 heterocycles. The molecule has 0 aromatic carbocycles. The Bertz CT molecular complexity index is 463. The van der Waals surface area contributed by atoms with E-state index in [0.717, 1.165) is 49.6 Å². The number of carboxylic acids is 1. The van der Waals surface area contributed by atoms with Crippen LogP contribution in [0.15, 0.2) is 0 Å². The monoisotopic (exact) mass is 310 g/mol. The van der Waals surface area contributed by atoms with E-state index in [1.54, 1.807) is 0 Å². The molecular formula is C16H26N2O2S. The molecule has 1 saturated carbocycles. The van der Waals surface area contributed by atoms with Crippen molar-refractivity contribution >= 4 is 17.3 Å². The largest absolute Gasteiger partial charge is 0.477 e. The predicted octanol–water partition coefficient (Wildman–Crippen LogP) is 3.77. The molecule has 1 aromatic heterocycles. The van der Waals surface area contributed by atoms with E-state index in [9.17, 15) is 9.90 Å². The van der Waals surface area contributed by atoms with Crippen LogP contribution in [0.2, 0.25) is 0 Å². The zero-order valence-electron chi connectivity index (χ0n) is 13.1. The minimum atomic E-state index is -0.804. The summed E-state index contributed by atoms with van der Waals surface area (Å²) in [5.74, 6) is -0.439. The van der Waals surface area contributed by atoms with Gasteiger partial charge in [0.25, 0.3) is 0 Å². The Balaban J connectivity index is 2.10. The zero-order valence-corrected chi connectivity index (χ0v) is 13.9. The highest BCUT2D eigenvalue weighted by Crippen LogP contribution is 2.36. The van der Waals surface area contributed by atoms with Crippen LogP contribution in [-0.4, -0.2) is 40.6 Å². The lowest BCUT2D eigenvalue weighted by molar-refractivity contribution is 0.0700. The third kappa shape index (κ3) is 4.27. The predicted molar refractivity (Wildman–Crippen MR) is 86.4 cm³/mol. The number of aromatic nitrogens is 1. The van der Waals surface area contributed by atoms with Gasteiger partial charge in [0.15, 0.2) is 0 Å². The van der Waals surface area contributed by atoms with E-state index in [1.807, 2.05) is 0 Å². The fraction of sp³-hybridized carbons (Fsp3) is 0.750. The second-order valence-electron chi connectivity index (χ2n) is 5.74. The van der Waals surface area contributed by atoms with Gasteiger partial charge in [-0.3, -0.25) is 0 Å². The van der Waals surface area contributed by atoms with Crippen LogP contribution >= 0.6 is 11.3 Å². The van der Waals surface area contributed by atoms with Gasteiger partial charge in [-0.15, -0.1) is 11.3 Å². The van der Waals surface area contributed by atoms with Crippen LogP contribution in [0, 0.1) is 0 Å². The maximum atomic E-state index is 11.5. The van der Waals surface area contributed by atoms with Crippen LogP contribution in [-0.2, 0) is 6.42 Å². The molecule has 1 aliphatic carbocycles. The SMILES string of the molecule is CCN(CC)CCc1nc(C2CCCCC2)c(C(=O)O)s1. The summed E-state index contributed by atoms with van der Waals surface area (Å²) < 4.78 is 0.